The third-order valence-corrected chi connectivity index (χ3v) is 2.62. The number of hydrogen-bond donors (Lipinski definition) is 1. The van der Waals surface area contributed by atoms with Gasteiger partial charge in [0, 0.05) is 43.2 Å². The molecule has 0 unspecified atom stereocenters. The van der Waals surface area contributed by atoms with Gasteiger partial charge < -0.3 is 5.32 Å². The average Bonchev–Trinajstić information content (AvgIpc) is 2.69. The summed E-state index contributed by atoms with van der Waals surface area (Å²) in [6, 6.07) is 1.80. The molecular weight excluding hydrogens is 226 g/mol. The van der Waals surface area contributed by atoms with Crippen molar-refractivity contribution in [2.45, 2.75) is 32.7 Å². The molecule has 5 heteroatoms. The molecule has 2 heterocycles. The highest BCUT2D eigenvalue weighted by molar-refractivity contribution is 5.30. The van der Waals surface area contributed by atoms with Gasteiger partial charge >= 0.3 is 0 Å². The van der Waals surface area contributed by atoms with Crippen molar-refractivity contribution in [1.29, 1.82) is 0 Å². The summed E-state index contributed by atoms with van der Waals surface area (Å²) in [4.78, 5) is 8.29. The first-order valence-electron chi connectivity index (χ1n) is 6.01. The standard InChI is InChI=1S/C13H19N5/c1-13(2,3)11-10(9-18(4)17-11)8-16-12-14-6-5-7-15-12/h5-7,9H,8H2,1-4H3,(H,14,15,16). The maximum absolute atomic E-state index is 4.53. The molecule has 2 aromatic heterocycles. The summed E-state index contributed by atoms with van der Waals surface area (Å²) in [5, 5.41) is 7.74. The minimum absolute atomic E-state index is 0.0375. The van der Waals surface area contributed by atoms with Crippen molar-refractivity contribution in [3.8, 4) is 0 Å². The van der Waals surface area contributed by atoms with Gasteiger partial charge in [-0.15, -0.1) is 0 Å². The average molecular weight is 245 g/mol. The Labute approximate surface area is 107 Å². The molecule has 2 aromatic rings. The molecule has 0 amide bonds. The van der Waals surface area contributed by atoms with Crippen LogP contribution in [0.3, 0.4) is 0 Å². The van der Waals surface area contributed by atoms with Crippen LogP contribution in [0.1, 0.15) is 32.0 Å². The van der Waals surface area contributed by atoms with Gasteiger partial charge in [0.2, 0.25) is 5.95 Å². The van der Waals surface area contributed by atoms with E-state index in [0.29, 0.717) is 12.5 Å². The molecule has 0 fully saturated rings. The summed E-state index contributed by atoms with van der Waals surface area (Å²) in [6.45, 7) is 7.18. The third-order valence-electron chi connectivity index (χ3n) is 2.62. The predicted molar refractivity (Wildman–Crippen MR) is 71.3 cm³/mol. The molecular formula is C13H19N5. The van der Waals surface area contributed by atoms with Crippen molar-refractivity contribution in [2.24, 2.45) is 7.05 Å². The largest absolute Gasteiger partial charge is 0.350 e. The fraction of sp³-hybridized carbons (Fsp3) is 0.462. The topological polar surface area (TPSA) is 55.6 Å². The number of aryl methyl sites for hydroxylation is 1. The van der Waals surface area contributed by atoms with Crippen LogP contribution in [-0.4, -0.2) is 19.7 Å². The summed E-state index contributed by atoms with van der Waals surface area (Å²) in [7, 11) is 1.94. The molecule has 96 valence electrons. The van der Waals surface area contributed by atoms with Gasteiger partial charge in [0.1, 0.15) is 0 Å². The minimum atomic E-state index is 0.0375. The SMILES string of the molecule is Cn1cc(CNc2ncccn2)c(C(C)(C)C)n1. The Morgan fingerprint density at radius 2 is 1.89 bits per heavy atom. The van der Waals surface area contributed by atoms with Crippen molar-refractivity contribution < 1.29 is 0 Å². The fourth-order valence-electron chi connectivity index (χ4n) is 1.86. The van der Waals surface area contributed by atoms with Crippen LogP contribution in [-0.2, 0) is 19.0 Å². The number of anilines is 1. The van der Waals surface area contributed by atoms with Crippen molar-refractivity contribution in [3.05, 3.63) is 35.9 Å². The maximum atomic E-state index is 4.53. The van der Waals surface area contributed by atoms with Crippen LogP contribution >= 0.6 is 0 Å². The highest BCUT2D eigenvalue weighted by atomic mass is 15.3. The molecule has 0 saturated heterocycles. The number of nitrogens with one attached hydrogen (secondary N) is 1. The molecule has 2 rings (SSSR count). The molecule has 1 N–H and O–H groups in total. The van der Waals surface area contributed by atoms with Gasteiger partial charge in [-0.1, -0.05) is 20.8 Å². The van der Waals surface area contributed by atoms with Crippen molar-refractivity contribution in [1.82, 2.24) is 19.7 Å². The highest BCUT2D eigenvalue weighted by Crippen LogP contribution is 2.24. The summed E-state index contributed by atoms with van der Waals surface area (Å²) in [5.41, 5.74) is 2.32. The Kier molecular flexibility index (Phi) is 3.32. The Bertz CT molecular complexity index is 510. The first kappa shape index (κ1) is 12.5. The second-order valence-corrected chi connectivity index (χ2v) is 5.35. The lowest BCUT2D eigenvalue weighted by atomic mass is 9.89. The van der Waals surface area contributed by atoms with Crippen LogP contribution < -0.4 is 5.32 Å². The van der Waals surface area contributed by atoms with Gasteiger partial charge in [0.15, 0.2) is 0 Å². The van der Waals surface area contributed by atoms with E-state index in [2.05, 4.69) is 41.2 Å². The van der Waals surface area contributed by atoms with Gasteiger partial charge in [-0.05, 0) is 6.07 Å². The van der Waals surface area contributed by atoms with Crippen LogP contribution in [0.5, 0.6) is 0 Å². The molecule has 0 aromatic carbocycles. The van der Waals surface area contributed by atoms with E-state index in [1.165, 1.54) is 5.56 Å². The van der Waals surface area contributed by atoms with Crippen LogP contribution in [0.2, 0.25) is 0 Å². The Balaban J connectivity index is 2.15. The zero-order chi connectivity index (χ0) is 13.2. The second kappa shape index (κ2) is 4.76. The zero-order valence-corrected chi connectivity index (χ0v) is 11.3. The lowest BCUT2D eigenvalue weighted by Crippen LogP contribution is -2.16. The number of aromatic nitrogens is 4. The number of hydrogen-bond acceptors (Lipinski definition) is 4. The molecule has 0 spiro atoms. The number of rotatable bonds is 3. The Morgan fingerprint density at radius 1 is 1.22 bits per heavy atom. The summed E-state index contributed by atoms with van der Waals surface area (Å²) in [5.74, 6) is 0.640. The summed E-state index contributed by atoms with van der Waals surface area (Å²) in [6.07, 6.45) is 5.49. The van der Waals surface area contributed by atoms with Gasteiger partial charge in [-0.2, -0.15) is 5.10 Å². The van der Waals surface area contributed by atoms with E-state index in [4.69, 9.17) is 0 Å². The first-order chi connectivity index (χ1) is 8.47. The van der Waals surface area contributed by atoms with Gasteiger partial charge in [0.05, 0.1) is 5.69 Å². The van der Waals surface area contributed by atoms with Crippen molar-refractivity contribution >= 4 is 5.95 Å². The first-order valence-corrected chi connectivity index (χ1v) is 6.01. The molecule has 18 heavy (non-hydrogen) atoms. The molecule has 0 aliphatic heterocycles. The molecule has 0 saturated carbocycles. The molecule has 0 bridgehead atoms. The maximum Gasteiger partial charge on any atom is 0.222 e. The minimum Gasteiger partial charge on any atom is -0.350 e. The van der Waals surface area contributed by atoms with E-state index in [1.807, 2.05) is 17.9 Å². The Hall–Kier alpha value is -1.91. The van der Waals surface area contributed by atoms with Crippen LogP contribution in [0.4, 0.5) is 5.95 Å². The normalized spacial score (nSPS) is 11.6. The summed E-state index contributed by atoms with van der Waals surface area (Å²) >= 11 is 0. The van der Waals surface area contributed by atoms with Gasteiger partial charge in [-0.25, -0.2) is 9.97 Å². The van der Waals surface area contributed by atoms with Crippen LogP contribution in [0.25, 0.3) is 0 Å². The van der Waals surface area contributed by atoms with E-state index >= 15 is 0 Å². The van der Waals surface area contributed by atoms with E-state index in [0.717, 1.165) is 5.69 Å². The van der Waals surface area contributed by atoms with E-state index in [9.17, 15) is 0 Å². The summed E-state index contributed by atoms with van der Waals surface area (Å²) < 4.78 is 1.85. The quantitative estimate of drug-likeness (QED) is 0.900. The van der Waals surface area contributed by atoms with E-state index < -0.39 is 0 Å². The van der Waals surface area contributed by atoms with E-state index in [-0.39, 0.29) is 5.41 Å². The monoisotopic (exact) mass is 245 g/mol. The van der Waals surface area contributed by atoms with Gasteiger partial charge in [-0.3, -0.25) is 4.68 Å². The lowest BCUT2D eigenvalue weighted by Gasteiger charge is -2.17. The molecule has 0 aliphatic carbocycles. The fourth-order valence-corrected chi connectivity index (χ4v) is 1.86. The van der Waals surface area contributed by atoms with Crippen LogP contribution in [0, 0.1) is 0 Å². The van der Waals surface area contributed by atoms with Gasteiger partial charge in [0.25, 0.3) is 0 Å². The highest BCUT2D eigenvalue weighted by Gasteiger charge is 2.21. The van der Waals surface area contributed by atoms with Crippen LogP contribution in [0.15, 0.2) is 24.7 Å². The molecule has 0 atom stereocenters. The zero-order valence-electron chi connectivity index (χ0n) is 11.3. The molecule has 0 radical (unpaired) electrons. The van der Waals surface area contributed by atoms with E-state index in [1.54, 1.807) is 18.5 Å². The molecule has 0 aliphatic rings. The smallest absolute Gasteiger partial charge is 0.222 e. The van der Waals surface area contributed by atoms with Crippen molar-refractivity contribution in [2.75, 3.05) is 5.32 Å². The predicted octanol–water partition coefficient (Wildman–Crippen LogP) is 2.12. The lowest BCUT2D eigenvalue weighted by molar-refractivity contribution is 0.549. The Morgan fingerprint density at radius 3 is 2.50 bits per heavy atom. The van der Waals surface area contributed by atoms with Crippen molar-refractivity contribution in [3.63, 3.8) is 0 Å². The third kappa shape index (κ3) is 2.85. The second-order valence-electron chi connectivity index (χ2n) is 5.35. The molecule has 5 nitrogen and oxygen atoms in total. The number of nitrogens with zero attached hydrogens (tertiary/aromatic N) is 4.